The summed E-state index contributed by atoms with van der Waals surface area (Å²) in [5, 5.41) is 1.32. The highest BCUT2D eigenvalue weighted by molar-refractivity contribution is 7.13. The summed E-state index contributed by atoms with van der Waals surface area (Å²) in [6.07, 6.45) is 2.91. The van der Waals surface area contributed by atoms with E-state index in [1.54, 1.807) is 11.5 Å². The molecular weight excluding hydrogens is 254 g/mol. The third-order valence-electron chi connectivity index (χ3n) is 4.24. The highest BCUT2D eigenvalue weighted by Gasteiger charge is 2.27. The van der Waals surface area contributed by atoms with Gasteiger partial charge in [0.05, 0.1) is 4.70 Å². The molecule has 4 heteroatoms. The molecule has 0 atom stereocenters. The second-order valence-corrected chi connectivity index (χ2v) is 6.54. The maximum absolute atomic E-state index is 4.67. The molecule has 1 aliphatic carbocycles. The van der Waals surface area contributed by atoms with E-state index in [0.29, 0.717) is 0 Å². The van der Waals surface area contributed by atoms with Gasteiger partial charge in [0.1, 0.15) is 5.82 Å². The van der Waals surface area contributed by atoms with Gasteiger partial charge in [-0.3, -0.25) is 4.90 Å². The first-order valence-electron chi connectivity index (χ1n) is 7.22. The van der Waals surface area contributed by atoms with E-state index in [9.17, 15) is 0 Å². The van der Waals surface area contributed by atoms with E-state index in [1.165, 1.54) is 48.4 Å². The number of anilines is 1. The first-order valence-corrected chi connectivity index (χ1v) is 7.99. The second kappa shape index (κ2) is 4.76. The third-order valence-corrected chi connectivity index (χ3v) is 5.06. The maximum Gasteiger partial charge on any atom is 0.150 e. The Labute approximate surface area is 118 Å². The first-order chi connectivity index (χ1) is 9.40. The smallest absolute Gasteiger partial charge is 0.150 e. The Morgan fingerprint density at radius 1 is 1.11 bits per heavy atom. The molecule has 2 aromatic rings. The first kappa shape index (κ1) is 11.7. The fourth-order valence-electron chi connectivity index (χ4n) is 2.91. The Morgan fingerprint density at radius 2 is 1.89 bits per heavy atom. The van der Waals surface area contributed by atoms with E-state index in [0.717, 1.165) is 19.0 Å². The van der Waals surface area contributed by atoms with Crippen LogP contribution in [0.3, 0.4) is 0 Å². The van der Waals surface area contributed by atoms with Crippen LogP contribution in [0.15, 0.2) is 24.3 Å². The molecule has 2 heterocycles. The van der Waals surface area contributed by atoms with Gasteiger partial charge in [0, 0.05) is 38.1 Å². The number of fused-ring (bicyclic) bond motifs is 1. The molecule has 1 aromatic heterocycles. The summed E-state index contributed by atoms with van der Waals surface area (Å²) in [6, 6.07) is 8.58. The molecule has 0 radical (unpaired) electrons. The van der Waals surface area contributed by atoms with Crippen LogP contribution in [0.2, 0.25) is 0 Å². The number of benzene rings is 1. The monoisotopic (exact) mass is 273 g/mol. The maximum atomic E-state index is 4.67. The molecule has 0 spiro atoms. The van der Waals surface area contributed by atoms with E-state index in [2.05, 4.69) is 38.4 Å². The van der Waals surface area contributed by atoms with Crippen molar-refractivity contribution in [2.45, 2.75) is 12.8 Å². The molecule has 0 unspecified atom stereocenters. The highest BCUT2D eigenvalue weighted by atomic mass is 32.1. The van der Waals surface area contributed by atoms with Gasteiger partial charge in [0.2, 0.25) is 0 Å². The minimum Gasteiger partial charge on any atom is -0.353 e. The lowest BCUT2D eigenvalue weighted by molar-refractivity contribution is 0.248. The molecule has 0 N–H and O–H groups in total. The van der Waals surface area contributed by atoms with Crippen LogP contribution in [-0.2, 0) is 0 Å². The SMILES string of the molecule is c1ccc2c(N3CCN(CC4CC4)CC3)nsc2c1. The van der Waals surface area contributed by atoms with Crippen molar-refractivity contribution in [1.29, 1.82) is 0 Å². The van der Waals surface area contributed by atoms with Crippen molar-refractivity contribution in [1.82, 2.24) is 9.27 Å². The highest BCUT2D eigenvalue weighted by Crippen LogP contribution is 2.32. The van der Waals surface area contributed by atoms with E-state index in [1.807, 2.05) is 0 Å². The molecule has 1 saturated carbocycles. The predicted molar refractivity (Wildman–Crippen MR) is 81.0 cm³/mol. The third kappa shape index (κ3) is 2.35. The Balaban J connectivity index is 1.48. The van der Waals surface area contributed by atoms with Crippen molar-refractivity contribution in [2.24, 2.45) is 5.92 Å². The number of nitrogens with zero attached hydrogens (tertiary/aromatic N) is 3. The topological polar surface area (TPSA) is 19.4 Å². The van der Waals surface area contributed by atoms with E-state index in [-0.39, 0.29) is 0 Å². The standard InChI is InChI=1S/C15H19N3S/c1-2-4-14-13(3-1)15(16-19-14)18-9-7-17(8-10-18)11-12-5-6-12/h1-4,12H,5-11H2. The Morgan fingerprint density at radius 3 is 2.68 bits per heavy atom. The summed E-state index contributed by atoms with van der Waals surface area (Å²) in [5.74, 6) is 2.21. The van der Waals surface area contributed by atoms with Crippen molar-refractivity contribution in [2.75, 3.05) is 37.6 Å². The Bertz CT molecular complexity index is 568. The summed E-state index contributed by atoms with van der Waals surface area (Å²) in [7, 11) is 0. The van der Waals surface area contributed by atoms with Gasteiger partial charge in [-0.25, -0.2) is 0 Å². The van der Waals surface area contributed by atoms with Crippen LogP contribution in [0.1, 0.15) is 12.8 Å². The van der Waals surface area contributed by atoms with Gasteiger partial charge in [0.25, 0.3) is 0 Å². The molecule has 1 aromatic carbocycles. The summed E-state index contributed by atoms with van der Waals surface area (Å²) in [5.41, 5.74) is 0. The molecule has 4 rings (SSSR count). The van der Waals surface area contributed by atoms with Crippen molar-refractivity contribution in [3.63, 3.8) is 0 Å². The minimum atomic E-state index is 1.01. The zero-order chi connectivity index (χ0) is 12.7. The average Bonchev–Trinajstić information content (AvgIpc) is 3.16. The molecule has 19 heavy (non-hydrogen) atoms. The number of aromatic nitrogens is 1. The summed E-state index contributed by atoms with van der Waals surface area (Å²) < 4.78 is 5.97. The van der Waals surface area contributed by atoms with Crippen LogP contribution < -0.4 is 4.90 Å². The molecule has 2 aliphatic rings. The average molecular weight is 273 g/mol. The van der Waals surface area contributed by atoms with Crippen LogP contribution in [0.4, 0.5) is 5.82 Å². The largest absolute Gasteiger partial charge is 0.353 e. The molecule has 0 bridgehead atoms. The number of hydrogen-bond acceptors (Lipinski definition) is 4. The Kier molecular flexibility index (Phi) is 2.93. The molecule has 1 aliphatic heterocycles. The van der Waals surface area contributed by atoms with Crippen molar-refractivity contribution < 1.29 is 0 Å². The van der Waals surface area contributed by atoms with Gasteiger partial charge < -0.3 is 4.90 Å². The van der Waals surface area contributed by atoms with Crippen molar-refractivity contribution in [3.8, 4) is 0 Å². The van der Waals surface area contributed by atoms with Gasteiger partial charge in [-0.1, -0.05) is 12.1 Å². The molecule has 100 valence electrons. The quantitative estimate of drug-likeness (QED) is 0.857. The fraction of sp³-hybridized carbons (Fsp3) is 0.533. The van der Waals surface area contributed by atoms with E-state index < -0.39 is 0 Å². The van der Waals surface area contributed by atoms with Crippen LogP contribution in [-0.4, -0.2) is 42.0 Å². The predicted octanol–water partition coefficient (Wildman–Crippen LogP) is 2.83. The summed E-state index contributed by atoms with van der Waals surface area (Å²) >= 11 is 1.62. The van der Waals surface area contributed by atoms with Crippen LogP contribution in [0.25, 0.3) is 10.1 Å². The molecule has 1 saturated heterocycles. The Hall–Kier alpha value is -1.13. The van der Waals surface area contributed by atoms with Gasteiger partial charge in [-0.15, -0.1) is 0 Å². The van der Waals surface area contributed by atoms with Crippen LogP contribution in [0.5, 0.6) is 0 Å². The fourth-order valence-corrected chi connectivity index (χ4v) is 3.70. The van der Waals surface area contributed by atoms with Gasteiger partial charge in [-0.2, -0.15) is 4.37 Å². The van der Waals surface area contributed by atoms with Gasteiger partial charge in [-0.05, 0) is 42.4 Å². The lowest BCUT2D eigenvalue weighted by Crippen LogP contribution is -2.47. The number of piperazine rings is 1. The van der Waals surface area contributed by atoms with E-state index >= 15 is 0 Å². The second-order valence-electron chi connectivity index (χ2n) is 5.73. The van der Waals surface area contributed by atoms with Gasteiger partial charge >= 0.3 is 0 Å². The molecule has 3 nitrogen and oxygen atoms in total. The summed E-state index contributed by atoms with van der Waals surface area (Å²) in [4.78, 5) is 5.09. The van der Waals surface area contributed by atoms with E-state index in [4.69, 9.17) is 0 Å². The number of hydrogen-bond donors (Lipinski definition) is 0. The molecular formula is C15H19N3S. The number of rotatable bonds is 3. The van der Waals surface area contributed by atoms with Crippen LogP contribution in [0, 0.1) is 5.92 Å². The lowest BCUT2D eigenvalue weighted by atomic mass is 10.2. The lowest BCUT2D eigenvalue weighted by Gasteiger charge is -2.35. The van der Waals surface area contributed by atoms with Crippen molar-refractivity contribution in [3.05, 3.63) is 24.3 Å². The normalized spacial score (nSPS) is 21.2. The molecule has 2 fully saturated rings. The van der Waals surface area contributed by atoms with Crippen molar-refractivity contribution >= 4 is 27.4 Å². The zero-order valence-corrected chi connectivity index (χ0v) is 11.9. The van der Waals surface area contributed by atoms with Gasteiger partial charge in [0.15, 0.2) is 0 Å². The molecule has 0 amide bonds. The summed E-state index contributed by atoms with van der Waals surface area (Å²) in [6.45, 7) is 5.97. The zero-order valence-electron chi connectivity index (χ0n) is 11.1. The minimum absolute atomic E-state index is 1.01. The van der Waals surface area contributed by atoms with Crippen LogP contribution >= 0.6 is 11.5 Å².